The quantitative estimate of drug-likeness (QED) is 0.157. The number of hydrogen-bond donors (Lipinski definition) is 0. The van der Waals surface area contributed by atoms with Gasteiger partial charge in [0, 0.05) is 27.2 Å². The van der Waals surface area contributed by atoms with E-state index < -0.39 is 0 Å². The maximum atomic E-state index is 2.54. The van der Waals surface area contributed by atoms with E-state index >= 15 is 0 Å². The van der Waals surface area contributed by atoms with Crippen molar-refractivity contribution in [3.05, 3.63) is 186 Å². The van der Waals surface area contributed by atoms with Gasteiger partial charge in [-0.1, -0.05) is 146 Å². The Balaban J connectivity index is 1.08. The van der Waals surface area contributed by atoms with Crippen molar-refractivity contribution >= 4 is 76.5 Å². The van der Waals surface area contributed by atoms with Gasteiger partial charge in [0.05, 0.1) is 11.0 Å². The van der Waals surface area contributed by atoms with Gasteiger partial charge in [-0.05, 0) is 142 Å². The highest BCUT2D eigenvalue weighted by molar-refractivity contribution is 6.38. The van der Waals surface area contributed by atoms with E-state index in [1.54, 1.807) is 0 Å². The SMILES string of the molecule is C1=c2cccc3c2=C(CC1)c1ccc(-c2cc4c5ccccc5c5c(c6ccccc6n5-c5ccc6c(c5)-c5cccc7cccc-6c57)c4c4ccccc24)cc1-3. The molecule has 11 aromatic rings. The lowest BCUT2D eigenvalue weighted by molar-refractivity contribution is 1.09. The Kier molecular flexibility index (Phi) is 5.67. The Morgan fingerprint density at radius 1 is 0.386 bits per heavy atom. The molecular formula is C56H33N. The third-order valence-electron chi connectivity index (χ3n) is 13.5. The first-order valence-corrected chi connectivity index (χ1v) is 20.2. The van der Waals surface area contributed by atoms with E-state index in [2.05, 4.69) is 181 Å². The molecule has 0 unspecified atom stereocenters. The zero-order chi connectivity index (χ0) is 36.9. The van der Waals surface area contributed by atoms with Gasteiger partial charge in [-0.2, -0.15) is 0 Å². The number of nitrogens with zero attached hydrogens (tertiary/aromatic N) is 1. The molecule has 262 valence electrons. The molecule has 1 heteroatoms. The molecule has 0 amide bonds. The molecule has 0 saturated heterocycles. The molecule has 14 rings (SSSR count). The van der Waals surface area contributed by atoms with Gasteiger partial charge < -0.3 is 4.57 Å². The van der Waals surface area contributed by atoms with Crippen LogP contribution in [0.25, 0.3) is 127 Å². The smallest absolute Gasteiger partial charge is 0.0626 e. The number of fused-ring (bicyclic) bond motifs is 16. The second kappa shape index (κ2) is 10.8. The van der Waals surface area contributed by atoms with Gasteiger partial charge in [-0.15, -0.1) is 0 Å². The molecular weight excluding hydrogens is 687 g/mol. The summed E-state index contributed by atoms with van der Waals surface area (Å²) in [5.74, 6) is 0. The fourth-order valence-corrected chi connectivity index (χ4v) is 11.2. The minimum atomic E-state index is 1.11. The van der Waals surface area contributed by atoms with Crippen molar-refractivity contribution in [1.82, 2.24) is 4.57 Å². The van der Waals surface area contributed by atoms with Crippen LogP contribution in [-0.4, -0.2) is 4.57 Å². The van der Waals surface area contributed by atoms with Crippen molar-refractivity contribution in [3.8, 4) is 50.2 Å². The predicted octanol–water partition coefficient (Wildman–Crippen LogP) is 13.5. The summed E-state index contributed by atoms with van der Waals surface area (Å²) >= 11 is 0. The highest BCUT2D eigenvalue weighted by atomic mass is 15.0. The molecule has 1 nitrogen and oxygen atoms in total. The Bertz CT molecular complexity index is 3800. The standard InChI is InChI=1S/C56H33N/c1-3-17-42-36(15-1)47(34-25-27-38-40-20-7-11-32-13-9-22-43(52(32)40)48(38)29-34)31-50-37-16-2-4-18-45(37)56-55(54(42)50)46-19-5-6-24-51(46)57(56)35-26-28-39-41-21-8-12-33-14-10-23-44(53(33)41)49(39)30-35/h1-6,8-19,21-31H,7,20H2. The lowest BCUT2D eigenvalue weighted by Crippen LogP contribution is -2.28. The summed E-state index contributed by atoms with van der Waals surface area (Å²) in [6.45, 7) is 0. The summed E-state index contributed by atoms with van der Waals surface area (Å²) in [6.07, 6.45) is 4.64. The van der Waals surface area contributed by atoms with Gasteiger partial charge in [0.1, 0.15) is 0 Å². The van der Waals surface area contributed by atoms with Crippen LogP contribution in [0, 0.1) is 0 Å². The summed E-state index contributed by atoms with van der Waals surface area (Å²) in [4.78, 5) is 0. The van der Waals surface area contributed by atoms with Crippen LogP contribution in [0.1, 0.15) is 18.4 Å². The average Bonchev–Trinajstić information content (AvgIpc) is 3.91. The zero-order valence-electron chi connectivity index (χ0n) is 31.1. The van der Waals surface area contributed by atoms with Crippen LogP contribution >= 0.6 is 0 Å². The van der Waals surface area contributed by atoms with Gasteiger partial charge >= 0.3 is 0 Å². The second-order valence-corrected chi connectivity index (χ2v) is 16.2. The average molecular weight is 720 g/mol. The van der Waals surface area contributed by atoms with Crippen LogP contribution in [0.2, 0.25) is 0 Å². The molecule has 0 bridgehead atoms. The van der Waals surface area contributed by atoms with E-state index in [1.807, 2.05) is 0 Å². The molecule has 0 spiro atoms. The van der Waals surface area contributed by atoms with Crippen LogP contribution in [0.5, 0.6) is 0 Å². The van der Waals surface area contributed by atoms with Crippen molar-refractivity contribution in [1.29, 1.82) is 0 Å². The second-order valence-electron chi connectivity index (χ2n) is 16.2. The molecule has 0 atom stereocenters. The van der Waals surface area contributed by atoms with Crippen LogP contribution in [-0.2, 0) is 0 Å². The Labute approximate surface area is 328 Å². The van der Waals surface area contributed by atoms with Crippen LogP contribution in [0.15, 0.2) is 170 Å². The van der Waals surface area contributed by atoms with E-state index in [4.69, 9.17) is 0 Å². The summed E-state index contributed by atoms with van der Waals surface area (Å²) in [7, 11) is 0. The van der Waals surface area contributed by atoms with E-state index in [-0.39, 0.29) is 0 Å². The van der Waals surface area contributed by atoms with E-state index in [1.165, 1.54) is 137 Å². The number of rotatable bonds is 2. The first-order chi connectivity index (χ1) is 28.3. The monoisotopic (exact) mass is 719 g/mol. The number of para-hydroxylation sites is 1. The molecule has 57 heavy (non-hydrogen) atoms. The first-order valence-electron chi connectivity index (χ1n) is 20.2. The Morgan fingerprint density at radius 2 is 1.09 bits per heavy atom. The van der Waals surface area contributed by atoms with Crippen molar-refractivity contribution in [2.75, 3.05) is 0 Å². The molecule has 0 radical (unpaired) electrons. The third kappa shape index (κ3) is 3.79. The minimum Gasteiger partial charge on any atom is -0.309 e. The van der Waals surface area contributed by atoms with Gasteiger partial charge in [0.15, 0.2) is 0 Å². The highest BCUT2D eigenvalue weighted by Crippen LogP contribution is 2.51. The maximum absolute atomic E-state index is 2.54. The van der Waals surface area contributed by atoms with Crippen LogP contribution in [0.4, 0.5) is 0 Å². The number of benzene rings is 10. The van der Waals surface area contributed by atoms with Crippen LogP contribution in [0.3, 0.4) is 0 Å². The third-order valence-corrected chi connectivity index (χ3v) is 13.5. The molecule has 3 aliphatic carbocycles. The fraction of sp³-hybridized carbons (Fsp3) is 0.0357. The van der Waals surface area contributed by atoms with Crippen molar-refractivity contribution in [2.24, 2.45) is 0 Å². The molecule has 1 aromatic heterocycles. The predicted molar refractivity (Wildman–Crippen MR) is 242 cm³/mol. The summed E-state index contributed by atoms with van der Waals surface area (Å²) < 4.78 is 2.54. The molecule has 0 fully saturated rings. The zero-order valence-corrected chi connectivity index (χ0v) is 31.1. The molecule has 10 aromatic carbocycles. The topological polar surface area (TPSA) is 4.93 Å². The Morgan fingerprint density at radius 3 is 1.96 bits per heavy atom. The normalized spacial score (nSPS) is 13.6. The largest absolute Gasteiger partial charge is 0.309 e. The van der Waals surface area contributed by atoms with Crippen molar-refractivity contribution in [3.63, 3.8) is 0 Å². The first kappa shape index (κ1) is 30.1. The molecule has 0 aliphatic heterocycles. The van der Waals surface area contributed by atoms with Gasteiger partial charge in [-0.3, -0.25) is 0 Å². The summed E-state index contributed by atoms with van der Waals surface area (Å²) in [5, 5.41) is 15.9. The lowest BCUT2D eigenvalue weighted by Gasteiger charge is -2.17. The molecule has 0 N–H and O–H groups in total. The molecule has 1 heterocycles. The summed E-state index contributed by atoms with van der Waals surface area (Å²) in [6, 6.07) is 64.4. The van der Waals surface area contributed by atoms with Gasteiger partial charge in [0.25, 0.3) is 0 Å². The highest BCUT2D eigenvalue weighted by Gasteiger charge is 2.26. The van der Waals surface area contributed by atoms with Crippen molar-refractivity contribution in [2.45, 2.75) is 12.8 Å². The number of hydrogen-bond acceptors (Lipinski definition) is 0. The lowest BCUT2D eigenvalue weighted by atomic mass is 9.87. The van der Waals surface area contributed by atoms with Gasteiger partial charge in [-0.25, -0.2) is 0 Å². The van der Waals surface area contributed by atoms with E-state index in [0.717, 1.165) is 12.8 Å². The minimum absolute atomic E-state index is 1.11. The fourth-order valence-electron chi connectivity index (χ4n) is 11.2. The van der Waals surface area contributed by atoms with E-state index in [9.17, 15) is 0 Å². The van der Waals surface area contributed by atoms with Crippen LogP contribution < -0.4 is 10.4 Å². The van der Waals surface area contributed by atoms with Crippen molar-refractivity contribution < 1.29 is 0 Å². The Hall–Kier alpha value is -7.22. The summed E-state index contributed by atoms with van der Waals surface area (Å²) in [5.41, 5.74) is 17.2. The maximum Gasteiger partial charge on any atom is 0.0626 e. The molecule has 3 aliphatic rings. The van der Waals surface area contributed by atoms with Gasteiger partial charge in [0.2, 0.25) is 0 Å². The molecule has 0 saturated carbocycles. The number of aromatic nitrogens is 1. The van der Waals surface area contributed by atoms with E-state index in [0.29, 0.717) is 0 Å².